The molecule has 0 aliphatic carbocycles. The fourth-order valence-electron chi connectivity index (χ4n) is 2.04. The zero-order valence-corrected chi connectivity index (χ0v) is 11.6. The van der Waals surface area contributed by atoms with Gasteiger partial charge in [0.2, 0.25) is 0 Å². The van der Waals surface area contributed by atoms with Gasteiger partial charge in [-0.25, -0.2) is 9.59 Å². The number of carboxylic acid groups (broad SMARTS) is 1. The van der Waals surface area contributed by atoms with Crippen molar-refractivity contribution >= 4 is 28.7 Å². The molecule has 0 aliphatic heterocycles. The summed E-state index contributed by atoms with van der Waals surface area (Å²) in [5.74, 6) is -3.41. The number of phenols is 1. The quantitative estimate of drug-likeness (QED) is 0.759. The summed E-state index contributed by atoms with van der Waals surface area (Å²) in [7, 11) is 0. The molecule has 0 radical (unpaired) electrons. The number of carbonyl (C=O) groups is 2. The number of rotatable bonds is 3. The first kappa shape index (κ1) is 15.3. The smallest absolute Gasteiger partial charge is 0.374 e. The van der Waals surface area contributed by atoms with Crippen LogP contribution in [0.3, 0.4) is 0 Å². The highest BCUT2D eigenvalue weighted by Crippen LogP contribution is 2.22. The number of hydrogen-bond donors (Lipinski definition) is 2. The fraction of sp³-hybridized carbons (Fsp3) is 0.231. The Morgan fingerprint density at radius 2 is 2.05 bits per heavy atom. The molecular weight excluding hydrogens is 296 g/mol. The molecule has 1 atom stereocenters. The van der Waals surface area contributed by atoms with Gasteiger partial charge in [-0.15, -0.1) is 0 Å². The van der Waals surface area contributed by atoms with E-state index in [0.717, 1.165) is 13.8 Å². The molecule has 22 heavy (non-hydrogen) atoms. The van der Waals surface area contributed by atoms with Crippen molar-refractivity contribution in [1.82, 2.24) is 0 Å². The van der Waals surface area contributed by atoms with E-state index >= 15 is 0 Å². The minimum Gasteiger partial charge on any atom is -0.507 e. The number of aromatic hydroxyl groups is 1. The van der Waals surface area contributed by atoms with Crippen molar-refractivity contribution in [3.63, 3.8) is 0 Å². The number of fused-ring (bicyclic) bond motifs is 1. The number of para-hydroxylation sites is 1. The Kier molecular flexibility index (Phi) is 3.72. The van der Waals surface area contributed by atoms with Crippen molar-refractivity contribution in [2.45, 2.75) is 19.9 Å². The summed E-state index contributed by atoms with van der Waals surface area (Å²) in [4.78, 5) is 35.4. The van der Waals surface area contributed by atoms with Gasteiger partial charge < -0.3 is 19.9 Å². The van der Waals surface area contributed by atoms with Crippen LogP contribution in [0, 0.1) is 5.21 Å². The lowest BCUT2D eigenvalue weighted by Crippen LogP contribution is -2.51. The number of aliphatic carboxylic acids is 1. The van der Waals surface area contributed by atoms with E-state index in [-0.39, 0.29) is 15.9 Å². The lowest BCUT2D eigenvalue weighted by Gasteiger charge is -2.18. The van der Waals surface area contributed by atoms with E-state index < -0.39 is 34.9 Å². The molecule has 9 nitrogen and oxygen atoms in total. The normalized spacial score (nSPS) is 12.1. The van der Waals surface area contributed by atoms with E-state index in [0.29, 0.717) is 4.90 Å². The third-order valence-electron chi connectivity index (χ3n) is 3.10. The van der Waals surface area contributed by atoms with Gasteiger partial charge in [-0.2, -0.15) is 4.90 Å². The molecule has 0 saturated carbocycles. The Balaban J connectivity index is 2.82. The number of anilines is 1. The molecule has 0 saturated heterocycles. The van der Waals surface area contributed by atoms with Gasteiger partial charge in [0.05, 0.1) is 5.39 Å². The predicted molar refractivity (Wildman–Crippen MR) is 73.4 cm³/mol. The van der Waals surface area contributed by atoms with Gasteiger partial charge in [0, 0.05) is 6.92 Å². The van der Waals surface area contributed by atoms with E-state index in [9.17, 15) is 24.7 Å². The van der Waals surface area contributed by atoms with Crippen LogP contribution in [-0.2, 0) is 9.59 Å². The molecule has 0 aliphatic rings. The number of carbonyl (C=O) groups excluding carboxylic acids is 1. The van der Waals surface area contributed by atoms with Crippen LogP contribution in [0.1, 0.15) is 13.8 Å². The first-order valence-electron chi connectivity index (χ1n) is 6.17. The molecular formula is C13H12N2O7. The monoisotopic (exact) mass is 308 g/mol. The van der Waals surface area contributed by atoms with Crippen molar-refractivity contribution in [3.8, 4) is 5.75 Å². The number of hydrogen-bond acceptors (Lipinski definition) is 6. The van der Waals surface area contributed by atoms with Gasteiger partial charge in [-0.1, -0.05) is 6.07 Å². The standard InChI is InChI=1S/C13H12N2O7/c1-6(13(19)20)14(7(2)16)12-10(18)8-4-3-5-9(17)11(8)22-15(12)21/h3-6,17H,1-2H3,(H,19,20)/t6-/m0/s1. The van der Waals surface area contributed by atoms with Crippen molar-refractivity contribution in [1.29, 1.82) is 0 Å². The maximum Gasteiger partial charge on any atom is 0.374 e. The Labute approximate surface area is 123 Å². The van der Waals surface area contributed by atoms with Crippen LogP contribution < -0.4 is 15.2 Å². The van der Waals surface area contributed by atoms with Crippen molar-refractivity contribution in [2.24, 2.45) is 0 Å². The highest BCUT2D eigenvalue weighted by Gasteiger charge is 2.37. The lowest BCUT2D eigenvalue weighted by atomic mass is 10.2. The molecule has 0 spiro atoms. The number of nitrogens with zero attached hydrogens (tertiary/aromatic N) is 2. The number of benzene rings is 1. The number of carboxylic acids is 1. The second-order valence-corrected chi connectivity index (χ2v) is 4.56. The highest BCUT2D eigenvalue weighted by molar-refractivity contribution is 5.97. The van der Waals surface area contributed by atoms with Crippen LogP contribution in [0.2, 0.25) is 0 Å². The third-order valence-corrected chi connectivity index (χ3v) is 3.10. The predicted octanol–water partition coefficient (Wildman–Crippen LogP) is -0.0420. The van der Waals surface area contributed by atoms with Gasteiger partial charge in [-0.3, -0.25) is 4.79 Å². The number of amides is 1. The fourth-order valence-corrected chi connectivity index (χ4v) is 2.04. The van der Waals surface area contributed by atoms with Gasteiger partial charge in [0.1, 0.15) is 11.3 Å². The van der Waals surface area contributed by atoms with Crippen molar-refractivity contribution in [3.05, 3.63) is 33.6 Å². The van der Waals surface area contributed by atoms with Gasteiger partial charge in [-0.05, 0) is 24.0 Å². The second-order valence-electron chi connectivity index (χ2n) is 4.56. The summed E-state index contributed by atoms with van der Waals surface area (Å²) < 4.78 is 4.79. The molecule has 1 amide bonds. The largest absolute Gasteiger partial charge is 0.507 e. The third kappa shape index (κ3) is 2.32. The Morgan fingerprint density at radius 1 is 1.41 bits per heavy atom. The van der Waals surface area contributed by atoms with E-state index in [1.165, 1.54) is 18.2 Å². The van der Waals surface area contributed by atoms with E-state index in [2.05, 4.69) is 0 Å². The summed E-state index contributed by atoms with van der Waals surface area (Å²) in [6, 6.07) is 2.41. The van der Waals surface area contributed by atoms with Crippen molar-refractivity contribution in [2.75, 3.05) is 4.90 Å². The van der Waals surface area contributed by atoms with Gasteiger partial charge in [0.15, 0.2) is 6.04 Å². The van der Waals surface area contributed by atoms with E-state index in [1.54, 1.807) is 0 Å². The van der Waals surface area contributed by atoms with E-state index in [4.69, 9.17) is 9.63 Å². The van der Waals surface area contributed by atoms with Crippen molar-refractivity contribution < 1.29 is 29.2 Å². The van der Waals surface area contributed by atoms with Gasteiger partial charge >= 0.3 is 17.7 Å². The van der Waals surface area contributed by atoms with Crippen LogP contribution in [0.5, 0.6) is 5.75 Å². The van der Waals surface area contributed by atoms with Crippen LogP contribution in [-0.4, -0.2) is 28.1 Å². The van der Waals surface area contributed by atoms with Crippen LogP contribution in [0.15, 0.2) is 27.5 Å². The van der Waals surface area contributed by atoms with Gasteiger partial charge in [0.25, 0.3) is 5.43 Å². The van der Waals surface area contributed by atoms with Crippen LogP contribution in [0.4, 0.5) is 5.82 Å². The maximum atomic E-state index is 12.4. The lowest BCUT2D eigenvalue weighted by molar-refractivity contribution is -0.782. The second kappa shape index (κ2) is 5.35. The molecule has 0 bridgehead atoms. The summed E-state index contributed by atoms with van der Waals surface area (Å²) in [6.07, 6.45) is 0. The molecule has 0 fully saturated rings. The molecule has 1 aromatic heterocycles. The zero-order valence-electron chi connectivity index (χ0n) is 11.6. The topological polar surface area (TPSA) is 135 Å². The highest BCUT2D eigenvalue weighted by atomic mass is 16.7. The molecule has 1 aromatic carbocycles. The van der Waals surface area contributed by atoms with E-state index in [1.807, 2.05) is 0 Å². The summed E-state index contributed by atoms with van der Waals surface area (Å²) in [6.45, 7) is 2.17. The summed E-state index contributed by atoms with van der Waals surface area (Å²) in [5, 5.41) is 30.4. The summed E-state index contributed by atoms with van der Waals surface area (Å²) in [5.41, 5.74) is -1.27. The molecule has 2 rings (SSSR count). The molecule has 2 N–H and O–H groups in total. The molecule has 1 heterocycles. The molecule has 9 heteroatoms. The van der Waals surface area contributed by atoms with Crippen LogP contribution >= 0.6 is 0 Å². The van der Waals surface area contributed by atoms with Crippen LogP contribution in [0.25, 0.3) is 11.0 Å². The maximum absolute atomic E-state index is 12.4. The average Bonchev–Trinajstić information content (AvgIpc) is 2.43. The number of phenolic OH excluding ortho intramolecular Hbond substituents is 1. The zero-order chi connectivity index (χ0) is 16.6. The minimum absolute atomic E-state index is 0.147. The average molecular weight is 308 g/mol. The molecule has 0 unspecified atom stereocenters. The summed E-state index contributed by atoms with van der Waals surface area (Å²) >= 11 is 0. The Hall–Kier alpha value is -3.10. The first-order chi connectivity index (χ1) is 10.3. The number of aromatic nitrogens is 1. The first-order valence-corrected chi connectivity index (χ1v) is 6.17. The Bertz CT molecular complexity index is 827. The Morgan fingerprint density at radius 3 is 2.59 bits per heavy atom. The SMILES string of the molecule is CC(=O)N(c1c(=O)c2cccc(O)c2o[n+]1[O-])[C@@H](C)C(=O)O. The molecule has 2 aromatic rings. The molecule has 116 valence electrons. The minimum atomic E-state index is -1.45.